The number of benzene rings is 1. The number of pyridine rings is 1. The first kappa shape index (κ1) is 21.7. The second kappa shape index (κ2) is 9.39. The van der Waals surface area contributed by atoms with E-state index < -0.39 is 0 Å². The molecule has 1 aliphatic carbocycles. The third-order valence-corrected chi connectivity index (χ3v) is 6.91. The predicted molar refractivity (Wildman–Crippen MR) is 124 cm³/mol. The van der Waals surface area contributed by atoms with Gasteiger partial charge >= 0.3 is 0 Å². The van der Waals surface area contributed by atoms with Crippen LogP contribution in [0.25, 0.3) is 16.9 Å². The maximum atomic E-state index is 13.9. The molecular formula is C25H29FN6O. The van der Waals surface area contributed by atoms with Crippen molar-refractivity contribution in [2.75, 3.05) is 26.2 Å². The van der Waals surface area contributed by atoms with Crippen molar-refractivity contribution in [2.45, 2.75) is 45.1 Å². The van der Waals surface area contributed by atoms with Gasteiger partial charge < -0.3 is 4.90 Å². The number of hydrogen-bond donors (Lipinski definition) is 0. The second-order valence-corrected chi connectivity index (χ2v) is 8.99. The normalized spacial score (nSPS) is 17.9. The van der Waals surface area contributed by atoms with Gasteiger partial charge in [-0.15, -0.1) is 5.10 Å². The van der Waals surface area contributed by atoms with E-state index >= 15 is 0 Å². The summed E-state index contributed by atoms with van der Waals surface area (Å²) in [6.45, 7) is 4.87. The number of carbonyl (C=O) groups excluding carboxylic acids is 1. The fourth-order valence-corrected chi connectivity index (χ4v) is 5.02. The molecule has 33 heavy (non-hydrogen) atoms. The molecule has 3 aromatic rings. The van der Waals surface area contributed by atoms with Gasteiger partial charge in [0, 0.05) is 50.2 Å². The van der Waals surface area contributed by atoms with Gasteiger partial charge in [0.2, 0.25) is 0 Å². The van der Waals surface area contributed by atoms with Crippen LogP contribution in [0.4, 0.5) is 4.39 Å². The van der Waals surface area contributed by atoms with E-state index in [2.05, 4.69) is 20.2 Å². The van der Waals surface area contributed by atoms with Crippen molar-refractivity contribution in [2.24, 2.45) is 0 Å². The van der Waals surface area contributed by atoms with Gasteiger partial charge in [-0.05, 0) is 55.7 Å². The molecule has 8 heteroatoms. The molecule has 2 aromatic heterocycles. The zero-order valence-electron chi connectivity index (χ0n) is 19.0. The number of aromatic nitrogens is 4. The molecule has 1 aliphatic heterocycles. The number of aryl methyl sites for hydroxylation is 1. The van der Waals surface area contributed by atoms with Crippen molar-refractivity contribution in [3.8, 4) is 16.9 Å². The molecule has 5 rings (SSSR count). The highest BCUT2D eigenvalue weighted by atomic mass is 19.1. The molecule has 7 nitrogen and oxygen atoms in total. The molecule has 0 unspecified atom stereocenters. The van der Waals surface area contributed by atoms with Crippen LogP contribution < -0.4 is 0 Å². The van der Waals surface area contributed by atoms with E-state index in [1.54, 1.807) is 36.1 Å². The third-order valence-electron chi connectivity index (χ3n) is 6.91. The van der Waals surface area contributed by atoms with Crippen LogP contribution in [0.5, 0.6) is 0 Å². The van der Waals surface area contributed by atoms with E-state index in [4.69, 9.17) is 0 Å². The number of amides is 1. The van der Waals surface area contributed by atoms with Crippen molar-refractivity contribution in [3.63, 3.8) is 0 Å². The van der Waals surface area contributed by atoms with Crippen molar-refractivity contribution in [1.29, 1.82) is 0 Å². The Bertz CT molecular complexity index is 1120. The number of rotatable bonds is 4. The summed E-state index contributed by atoms with van der Waals surface area (Å²) < 4.78 is 15.5. The van der Waals surface area contributed by atoms with Gasteiger partial charge in [0.25, 0.3) is 5.91 Å². The monoisotopic (exact) mass is 448 g/mol. The fourth-order valence-electron chi connectivity index (χ4n) is 5.02. The summed E-state index contributed by atoms with van der Waals surface area (Å²) in [4.78, 5) is 22.1. The van der Waals surface area contributed by atoms with Crippen molar-refractivity contribution >= 4 is 5.91 Å². The minimum atomic E-state index is -0.281. The zero-order valence-corrected chi connectivity index (χ0v) is 19.0. The molecule has 3 heterocycles. The van der Waals surface area contributed by atoms with Gasteiger partial charge in [-0.1, -0.05) is 24.5 Å². The van der Waals surface area contributed by atoms with Crippen LogP contribution in [-0.2, 0) is 0 Å². The van der Waals surface area contributed by atoms with Gasteiger partial charge in [-0.3, -0.25) is 14.7 Å². The summed E-state index contributed by atoms with van der Waals surface area (Å²) in [5, 5.41) is 8.60. The van der Waals surface area contributed by atoms with Crippen LogP contribution in [0.2, 0.25) is 0 Å². The third kappa shape index (κ3) is 4.39. The lowest BCUT2D eigenvalue weighted by molar-refractivity contribution is 0.0519. The SMILES string of the molecule is Cc1cc(-n2nnc(C(=O)N3CCN(C4CCCCC4)CC3)c2-c2ccncc2)ccc1F. The molecular weight excluding hydrogens is 419 g/mol. The summed E-state index contributed by atoms with van der Waals surface area (Å²) in [5.74, 6) is -0.397. The van der Waals surface area contributed by atoms with E-state index in [1.165, 1.54) is 38.2 Å². The first-order valence-corrected chi connectivity index (χ1v) is 11.8. The van der Waals surface area contributed by atoms with Crippen LogP contribution in [0, 0.1) is 12.7 Å². The smallest absolute Gasteiger partial charge is 0.276 e. The first-order valence-electron chi connectivity index (χ1n) is 11.8. The molecule has 0 N–H and O–H groups in total. The highest BCUT2D eigenvalue weighted by Crippen LogP contribution is 2.28. The summed E-state index contributed by atoms with van der Waals surface area (Å²) in [6.07, 6.45) is 9.86. The Kier molecular flexibility index (Phi) is 6.17. The van der Waals surface area contributed by atoms with Crippen molar-refractivity contribution in [3.05, 3.63) is 59.8 Å². The number of piperazine rings is 1. The maximum Gasteiger partial charge on any atom is 0.276 e. The van der Waals surface area contributed by atoms with Crippen molar-refractivity contribution in [1.82, 2.24) is 29.8 Å². The molecule has 2 aliphatic rings. The topological polar surface area (TPSA) is 67.2 Å². The Morgan fingerprint density at radius 1 is 1.00 bits per heavy atom. The van der Waals surface area contributed by atoms with Gasteiger partial charge in [0.05, 0.1) is 5.69 Å². The largest absolute Gasteiger partial charge is 0.335 e. The minimum Gasteiger partial charge on any atom is -0.335 e. The Balaban J connectivity index is 1.42. The van der Waals surface area contributed by atoms with Crippen LogP contribution in [-0.4, -0.2) is 67.9 Å². The average molecular weight is 449 g/mol. The lowest BCUT2D eigenvalue weighted by Gasteiger charge is -2.40. The fraction of sp³-hybridized carbons (Fsp3) is 0.440. The summed E-state index contributed by atoms with van der Waals surface area (Å²) in [7, 11) is 0. The Labute approximate surface area is 193 Å². The standard InChI is InChI=1S/C25H29FN6O/c1-18-17-21(7-8-22(18)26)32-24(19-9-11-27-12-10-19)23(28-29-32)25(33)31-15-13-30(14-16-31)20-5-3-2-4-6-20/h7-12,17,20H,2-6,13-16H2,1H3. The zero-order chi connectivity index (χ0) is 22.8. The van der Waals surface area contributed by atoms with Crippen molar-refractivity contribution < 1.29 is 9.18 Å². The molecule has 172 valence electrons. The number of hydrogen-bond acceptors (Lipinski definition) is 5. The van der Waals surface area contributed by atoms with Crippen LogP contribution in [0.3, 0.4) is 0 Å². The quantitative estimate of drug-likeness (QED) is 0.606. The maximum absolute atomic E-state index is 13.9. The lowest BCUT2D eigenvalue weighted by Crippen LogP contribution is -2.52. The van der Waals surface area contributed by atoms with Crippen LogP contribution in [0.15, 0.2) is 42.7 Å². The average Bonchev–Trinajstić information content (AvgIpc) is 3.32. The van der Waals surface area contributed by atoms with Crippen LogP contribution >= 0.6 is 0 Å². The first-order chi connectivity index (χ1) is 16.1. The molecule has 2 fully saturated rings. The summed E-state index contributed by atoms with van der Waals surface area (Å²) >= 11 is 0. The minimum absolute atomic E-state index is 0.116. The Morgan fingerprint density at radius 3 is 2.42 bits per heavy atom. The molecule has 0 atom stereocenters. The Morgan fingerprint density at radius 2 is 1.73 bits per heavy atom. The second-order valence-electron chi connectivity index (χ2n) is 8.99. The highest BCUT2D eigenvalue weighted by Gasteiger charge is 2.31. The molecule has 0 radical (unpaired) electrons. The molecule has 0 bridgehead atoms. The number of nitrogens with zero attached hydrogens (tertiary/aromatic N) is 6. The number of carbonyl (C=O) groups is 1. The summed E-state index contributed by atoms with van der Waals surface area (Å²) in [5.41, 5.74) is 2.88. The van der Waals surface area contributed by atoms with E-state index in [-0.39, 0.29) is 11.7 Å². The van der Waals surface area contributed by atoms with Gasteiger partial charge in [-0.2, -0.15) is 0 Å². The molecule has 1 saturated carbocycles. The molecule has 1 saturated heterocycles. The molecule has 1 amide bonds. The molecule has 0 spiro atoms. The summed E-state index contributed by atoms with van der Waals surface area (Å²) in [6, 6.07) is 9.11. The number of halogens is 1. The predicted octanol–water partition coefficient (Wildman–Crippen LogP) is 3.87. The van der Waals surface area contributed by atoms with Gasteiger partial charge in [-0.25, -0.2) is 9.07 Å². The van der Waals surface area contributed by atoms with E-state index in [9.17, 15) is 9.18 Å². The lowest BCUT2D eigenvalue weighted by atomic mass is 9.94. The van der Waals surface area contributed by atoms with E-state index in [0.29, 0.717) is 41.8 Å². The highest BCUT2D eigenvalue weighted by molar-refractivity contribution is 5.98. The van der Waals surface area contributed by atoms with Gasteiger partial charge in [0.15, 0.2) is 5.69 Å². The van der Waals surface area contributed by atoms with Gasteiger partial charge in [0.1, 0.15) is 11.5 Å². The molecule has 1 aromatic carbocycles. The Hall–Kier alpha value is -3.13. The van der Waals surface area contributed by atoms with E-state index in [0.717, 1.165) is 18.7 Å². The van der Waals surface area contributed by atoms with Crippen LogP contribution in [0.1, 0.15) is 48.2 Å². The van der Waals surface area contributed by atoms with E-state index in [1.807, 2.05) is 17.0 Å².